The van der Waals surface area contributed by atoms with Crippen LogP contribution in [0, 0.1) is 0 Å². The minimum absolute atomic E-state index is 0.0816. The van der Waals surface area contributed by atoms with Gasteiger partial charge in [-0.15, -0.1) is 0 Å². The van der Waals surface area contributed by atoms with Crippen LogP contribution in [0.15, 0.2) is 279 Å². The van der Waals surface area contributed by atoms with Gasteiger partial charge in [0.1, 0.15) is 11.6 Å². The van der Waals surface area contributed by atoms with E-state index in [1.807, 2.05) is 161 Å². The molecular weight excluding hydrogens is 1260 g/mol. The summed E-state index contributed by atoms with van der Waals surface area (Å²) >= 11 is 0. The van der Waals surface area contributed by atoms with E-state index in [9.17, 15) is 0 Å². The Labute approximate surface area is 584 Å². The minimum Gasteiger partial charge on any atom is -0.309 e. The zero-order valence-electron chi connectivity index (χ0n) is 55.7. The Kier molecular flexibility index (Phi) is 12.7. The second-order valence-corrected chi connectivity index (χ2v) is 27.5. The lowest BCUT2D eigenvalue weighted by Gasteiger charge is -2.32. The highest BCUT2D eigenvalue weighted by Gasteiger charge is 2.43. The summed E-state index contributed by atoms with van der Waals surface area (Å²) in [6, 6.07) is 94.2. The van der Waals surface area contributed by atoms with Gasteiger partial charge in [-0.25, -0.2) is 39.9 Å². The average Bonchev–Trinajstić information content (AvgIpc) is 1.51. The van der Waals surface area contributed by atoms with E-state index in [0.717, 1.165) is 144 Å². The van der Waals surface area contributed by atoms with Crippen LogP contribution in [0.4, 0.5) is 0 Å². The number of nitrogens with zero attached hydrogens (tertiary/aromatic N) is 12. The summed E-state index contributed by atoms with van der Waals surface area (Å²) in [5, 5.41) is 3.92. The van der Waals surface area contributed by atoms with Crippen LogP contribution in [0.5, 0.6) is 0 Å². The van der Waals surface area contributed by atoms with Crippen molar-refractivity contribution in [1.82, 2.24) is 58.1 Å². The molecule has 2 aliphatic rings. The van der Waals surface area contributed by atoms with Gasteiger partial charge in [-0.2, -0.15) is 0 Å². The van der Waals surface area contributed by atoms with Crippen LogP contribution in [0.3, 0.4) is 0 Å². The van der Waals surface area contributed by atoms with Crippen molar-refractivity contribution in [2.45, 2.75) is 38.5 Å². The largest absolute Gasteiger partial charge is 0.309 e. The molecule has 102 heavy (non-hydrogen) atoms. The van der Waals surface area contributed by atoms with Crippen LogP contribution >= 0.6 is 0 Å². The van der Waals surface area contributed by atoms with E-state index in [0.29, 0.717) is 46.1 Å². The molecule has 482 valence electrons. The van der Waals surface area contributed by atoms with Gasteiger partial charge in [-0.3, -0.25) is 18.7 Å². The van der Waals surface area contributed by atoms with Gasteiger partial charge < -0.3 is 9.13 Å². The highest BCUT2D eigenvalue weighted by atomic mass is 16.2. The van der Waals surface area contributed by atoms with E-state index < -0.39 is 10.8 Å². The first-order valence-corrected chi connectivity index (χ1v) is 34.2. The van der Waals surface area contributed by atoms with Gasteiger partial charge >= 0.3 is 0 Å². The van der Waals surface area contributed by atoms with Crippen LogP contribution in [0.25, 0.3) is 157 Å². The van der Waals surface area contributed by atoms with Gasteiger partial charge in [-0.1, -0.05) is 212 Å². The number of hydrogen-bond donors (Lipinski definition) is 0. The molecule has 0 saturated heterocycles. The minimum atomic E-state index is -0.584. The molecule has 14 nitrogen and oxygen atoms in total. The molecule has 0 fully saturated rings. The van der Waals surface area contributed by atoms with Gasteiger partial charge in [0.05, 0.1) is 55.3 Å². The Hall–Kier alpha value is -13.5. The molecule has 0 bridgehead atoms. The maximum atomic E-state index is 15.3. The zero-order chi connectivity index (χ0) is 68.3. The lowest BCUT2D eigenvalue weighted by Crippen LogP contribution is -2.35. The number of hydrogen-bond acceptors (Lipinski definition) is 10. The van der Waals surface area contributed by atoms with Crippen molar-refractivity contribution in [3.63, 3.8) is 0 Å². The fraction of sp³-hybridized carbons (Fsp3) is 0.0682. The monoisotopic (exact) mass is 1310 g/mol. The molecule has 0 spiro atoms. The van der Waals surface area contributed by atoms with Gasteiger partial charge in [0.2, 0.25) is 0 Å². The van der Waals surface area contributed by atoms with Crippen molar-refractivity contribution >= 4 is 77.5 Å². The molecule has 0 unspecified atom stereocenters. The van der Waals surface area contributed by atoms with Crippen LogP contribution in [0.1, 0.15) is 71.2 Å². The van der Waals surface area contributed by atoms with Crippen LogP contribution < -0.4 is 0 Å². The first kappa shape index (κ1) is 58.7. The van der Waals surface area contributed by atoms with Crippen LogP contribution in [-0.4, -0.2) is 70.0 Å². The number of rotatable bonds is 9. The van der Waals surface area contributed by atoms with Crippen LogP contribution in [-0.2, 0) is 10.8 Å². The summed E-state index contributed by atoms with van der Waals surface area (Å²) in [6.45, 7) is 8.63. The number of carbonyl (C=O) groups excluding carboxylic acids is 2. The second kappa shape index (κ2) is 22.0. The quantitative estimate of drug-likeness (QED) is 0.136. The molecule has 0 aliphatic carbocycles. The molecule has 0 saturated carbocycles. The molecule has 6 aromatic heterocycles. The fourth-order valence-electron chi connectivity index (χ4n) is 15.8. The van der Waals surface area contributed by atoms with Crippen molar-refractivity contribution in [2.75, 3.05) is 0 Å². The highest BCUT2D eigenvalue weighted by molar-refractivity contribution is 6.23. The number of para-hydroxylation sites is 6. The third kappa shape index (κ3) is 8.78. The maximum absolute atomic E-state index is 15.3. The Morgan fingerprint density at radius 3 is 1.15 bits per heavy atom. The SMILES string of the molecule is CC1(C)c2ccc3c(c2C(=O)n2c1nc1ccccc12)c1ccccc1n3-c1cccc(-c2nc(-c3ccccc3)nc(-c3ccc(-c4ccc(-c5nc(-c6ccccc6)nc(-c6cccc(-n7c8ccccc8c8ccc9c(c87)C(=O)n7c(nc8ccccc87)C9(C)C)c6)n5)cc4)cc3)n2)c1. The molecule has 2 aliphatic heterocycles. The predicted octanol–water partition coefficient (Wildman–Crippen LogP) is 19.3. The number of imidazole rings is 2. The molecule has 0 radical (unpaired) electrons. The van der Waals surface area contributed by atoms with E-state index in [4.69, 9.17) is 39.9 Å². The predicted molar refractivity (Wildman–Crippen MR) is 403 cm³/mol. The van der Waals surface area contributed by atoms with Crippen molar-refractivity contribution in [3.05, 3.63) is 313 Å². The fourth-order valence-corrected chi connectivity index (χ4v) is 15.8. The third-order valence-electron chi connectivity index (χ3n) is 20.8. The first-order valence-electron chi connectivity index (χ1n) is 34.2. The topological polar surface area (TPSA) is 157 Å². The van der Waals surface area contributed by atoms with Crippen molar-refractivity contribution in [3.8, 4) is 90.8 Å². The van der Waals surface area contributed by atoms with Gasteiger partial charge in [0.15, 0.2) is 34.9 Å². The molecule has 0 amide bonds. The van der Waals surface area contributed by atoms with Crippen molar-refractivity contribution in [2.24, 2.45) is 0 Å². The lowest BCUT2D eigenvalue weighted by molar-refractivity contribution is 0.0941. The molecule has 0 atom stereocenters. The number of fused-ring (bicyclic) bond motifs is 16. The van der Waals surface area contributed by atoms with E-state index in [2.05, 4.69) is 164 Å². The molecule has 8 heterocycles. The number of benzene rings is 12. The summed E-state index contributed by atoms with van der Waals surface area (Å²) in [5.74, 6) is 4.46. The average molecular weight is 1320 g/mol. The molecule has 20 rings (SSSR count). The normalized spacial score (nSPS) is 13.7. The summed E-state index contributed by atoms with van der Waals surface area (Å²) in [4.78, 5) is 71.5. The van der Waals surface area contributed by atoms with Gasteiger partial charge in [-0.05, 0) is 117 Å². The Bertz CT molecular complexity index is 6600. The number of carbonyl (C=O) groups is 2. The molecule has 12 aromatic carbocycles. The lowest BCUT2D eigenvalue weighted by atomic mass is 9.77. The highest BCUT2D eigenvalue weighted by Crippen LogP contribution is 2.48. The smallest absolute Gasteiger partial charge is 0.266 e. The Balaban J connectivity index is 0.641. The Morgan fingerprint density at radius 2 is 0.637 bits per heavy atom. The van der Waals surface area contributed by atoms with Crippen molar-refractivity contribution in [1.29, 1.82) is 0 Å². The summed E-state index contributed by atoms with van der Waals surface area (Å²) < 4.78 is 8.10. The van der Waals surface area contributed by atoms with E-state index in [1.54, 1.807) is 0 Å². The van der Waals surface area contributed by atoms with E-state index in [1.165, 1.54) is 0 Å². The van der Waals surface area contributed by atoms with Crippen molar-refractivity contribution < 1.29 is 9.59 Å². The number of aromatic nitrogens is 12. The third-order valence-corrected chi connectivity index (χ3v) is 20.8. The molecule has 14 heteroatoms. The summed E-state index contributed by atoms with van der Waals surface area (Å²) in [5.41, 5.74) is 17.7. The molecule has 18 aromatic rings. The zero-order valence-corrected chi connectivity index (χ0v) is 55.7. The van der Waals surface area contributed by atoms with Crippen LogP contribution in [0.2, 0.25) is 0 Å². The van der Waals surface area contributed by atoms with Gasteiger partial charge in [0, 0.05) is 77.1 Å². The molecule has 0 N–H and O–H groups in total. The molecular formula is C88H58N12O2. The summed E-state index contributed by atoms with van der Waals surface area (Å²) in [7, 11) is 0. The maximum Gasteiger partial charge on any atom is 0.266 e. The Morgan fingerprint density at radius 1 is 0.265 bits per heavy atom. The standard InChI is InChI=1S/C88H58N12O2/c1-87(2)64-47-48-72-73(74(64)83(101)99-70-35-17-13-31-66(70)89-85(87)99)63-30-12-16-34-69(63)97(72)59-27-19-25-57(49-59)81-93-77(53-21-7-5-8-22-53)91-79(95-81)55-41-37-51(38-42-55)52-39-43-56(44-40-52)80-92-78(54-23-9-6-10-24-54)94-82(96-80)58-26-20-28-60(50-58)98-68-33-15-11-29-61(68)62-45-46-65-75(76(62)98)84(102)100-71-36-18-14-32-67(71)90-86(100)88(65,3)4/h5-50H,1-4H3. The van der Waals surface area contributed by atoms with Gasteiger partial charge in [0.25, 0.3) is 11.8 Å². The summed E-state index contributed by atoms with van der Waals surface area (Å²) in [6.07, 6.45) is 0. The van der Waals surface area contributed by atoms with E-state index >= 15 is 9.59 Å². The first-order chi connectivity index (χ1) is 49.9. The second-order valence-electron chi connectivity index (χ2n) is 27.5. The van der Waals surface area contributed by atoms with E-state index in [-0.39, 0.29) is 11.8 Å².